The number of nitrogens with one attached hydrogen (secondary N) is 1. The first-order valence-electron chi connectivity index (χ1n) is 10.3. The third-order valence-corrected chi connectivity index (χ3v) is 8.70. The standard InChI is InChI=1S/C22H20ClFN2O7S2/c1-31-17-11-14(35(29,30)26-6-8-32-9-7-26)3-5-16(17)25-19(27)12-33-22(28)21-20(23)15-4-2-13(24)10-18(15)34-21/h2-5,10-11H,6-9,12H2,1H3,(H,25,27). The van der Waals surface area contributed by atoms with Gasteiger partial charge in [0, 0.05) is 29.2 Å². The van der Waals surface area contributed by atoms with Crippen molar-refractivity contribution in [3.8, 4) is 5.75 Å². The number of rotatable bonds is 7. The van der Waals surface area contributed by atoms with Crippen molar-refractivity contribution in [3.05, 3.63) is 52.1 Å². The number of nitrogens with zero attached hydrogens (tertiary/aromatic N) is 1. The fraction of sp³-hybridized carbons (Fsp3) is 0.273. The van der Waals surface area contributed by atoms with Crippen LogP contribution in [0.5, 0.6) is 5.75 Å². The smallest absolute Gasteiger partial charge is 0.350 e. The first kappa shape index (κ1) is 25.3. The summed E-state index contributed by atoms with van der Waals surface area (Å²) >= 11 is 7.16. The predicted octanol–water partition coefficient (Wildman–Crippen LogP) is 3.52. The van der Waals surface area contributed by atoms with Crippen molar-refractivity contribution in [2.75, 3.05) is 45.3 Å². The molecule has 186 valence electrons. The number of carbonyl (C=O) groups excluding carboxylic acids is 2. The molecule has 1 amide bonds. The SMILES string of the molecule is COc1cc(S(=O)(=O)N2CCOCC2)ccc1NC(=O)COC(=O)c1sc2cc(F)ccc2c1Cl. The highest BCUT2D eigenvalue weighted by atomic mass is 35.5. The Morgan fingerprint density at radius 1 is 1.20 bits per heavy atom. The number of amides is 1. The molecule has 3 aromatic rings. The number of hydrogen-bond acceptors (Lipinski definition) is 8. The van der Waals surface area contributed by atoms with Crippen LogP contribution in [0.25, 0.3) is 10.1 Å². The molecule has 1 fully saturated rings. The molecule has 13 heteroatoms. The third kappa shape index (κ3) is 5.41. The van der Waals surface area contributed by atoms with Crippen LogP contribution in [0.2, 0.25) is 5.02 Å². The molecule has 2 heterocycles. The van der Waals surface area contributed by atoms with Crippen LogP contribution in [-0.4, -0.2) is 64.6 Å². The number of hydrogen-bond donors (Lipinski definition) is 1. The van der Waals surface area contributed by atoms with Gasteiger partial charge in [0.1, 0.15) is 16.4 Å². The van der Waals surface area contributed by atoms with E-state index >= 15 is 0 Å². The molecule has 9 nitrogen and oxygen atoms in total. The van der Waals surface area contributed by atoms with E-state index in [4.69, 9.17) is 25.8 Å². The minimum absolute atomic E-state index is 0.0107. The second kappa shape index (κ2) is 10.5. The van der Waals surface area contributed by atoms with E-state index in [0.29, 0.717) is 23.3 Å². The summed E-state index contributed by atoms with van der Waals surface area (Å²) in [6.45, 7) is 0.481. The zero-order valence-corrected chi connectivity index (χ0v) is 20.8. The lowest BCUT2D eigenvalue weighted by molar-refractivity contribution is -0.119. The van der Waals surface area contributed by atoms with Crippen LogP contribution in [-0.2, 0) is 24.3 Å². The minimum atomic E-state index is -3.75. The summed E-state index contributed by atoms with van der Waals surface area (Å²) in [5, 5.41) is 3.15. The lowest BCUT2D eigenvalue weighted by atomic mass is 10.2. The third-order valence-electron chi connectivity index (χ3n) is 5.17. The Balaban J connectivity index is 1.42. The van der Waals surface area contributed by atoms with E-state index in [1.165, 1.54) is 47.8 Å². The first-order valence-corrected chi connectivity index (χ1v) is 12.9. The summed E-state index contributed by atoms with van der Waals surface area (Å²) < 4.78 is 56.4. The number of sulfonamides is 1. The van der Waals surface area contributed by atoms with E-state index in [2.05, 4.69) is 5.32 Å². The Labute approximate surface area is 209 Å². The quantitative estimate of drug-likeness (QED) is 0.455. The summed E-state index contributed by atoms with van der Waals surface area (Å²) in [5.41, 5.74) is 0.199. The van der Waals surface area contributed by atoms with Crippen LogP contribution in [0.15, 0.2) is 41.3 Å². The Morgan fingerprint density at radius 2 is 1.94 bits per heavy atom. The van der Waals surface area contributed by atoms with Gasteiger partial charge in [0.25, 0.3) is 5.91 Å². The van der Waals surface area contributed by atoms with Crippen molar-refractivity contribution >= 4 is 60.6 Å². The Kier molecular flexibility index (Phi) is 7.57. The Hall–Kier alpha value is -2.77. The van der Waals surface area contributed by atoms with Crippen molar-refractivity contribution in [3.63, 3.8) is 0 Å². The van der Waals surface area contributed by atoms with Crippen molar-refractivity contribution in [2.24, 2.45) is 0 Å². The first-order chi connectivity index (χ1) is 16.7. The molecule has 0 bridgehead atoms. The molecule has 0 radical (unpaired) electrons. The maximum atomic E-state index is 13.4. The van der Waals surface area contributed by atoms with Crippen molar-refractivity contribution in [1.29, 1.82) is 0 Å². The van der Waals surface area contributed by atoms with Gasteiger partial charge in [-0.25, -0.2) is 17.6 Å². The molecule has 2 aromatic carbocycles. The number of thiophene rings is 1. The van der Waals surface area contributed by atoms with Crippen LogP contribution >= 0.6 is 22.9 Å². The molecule has 0 atom stereocenters. The molecule has 35 heavy (non-hydrogen) atoms. The second-order valence-corrected chi connectivity index (χ2v) is 10.8. The number of fused-ring (bicyclic) bond motifs is 1. The largest absolute Gasteiger partial charge is 0.495 e. The zero-order valence-electron chi connectivity index (χ0n) is 18.4. The summed E-state index contributed by atoms with van der Waals surface area (Å²) in [4.78, 5) is 24.9. The maximum absolute atomic E-state index is 13.4. The fourth-order valence-electron chi connectivity index (χ4n) is 3.42. The van der Waals surface area contributed by atoms with Gasteiger partial charge in [-0.15, -0.1) is 11.3 Å². The highest BCUT2D eigenvalue weighted by Crippen LogP contribution is 2.36. The molecule has 1 aromatic heterocycles. The molecule has 4 rings (SSSR count). The van der Waals surface area contributed by atoms with Crippen LogP contribution in [0.3, 0.4) is 0 Å². The summed E-state index contributed by atoms with van der Waals surface area (Å²) in [6.07, 6.45) is 0. The molecule has 0 spiro atoms. The number of esters is 1. The minimum Gasteiger partial charge on any atom is -0.495 e. The van der Waals surface area contributed by atoms with Gasteiger partial charge in [0.2, 0.25) is 10.0 Å². The van der Waals surface area contributed by atoms with Crippen LogP contribution in [0.4, 0.5) is 10.1 Å². The topological polar surface area (TPSA) is 111 Å². The molecule has 1 saturated heterocycles. The van der Waals surface area contributed by atoms with Crippen LogP contribution in [0.1, 0.15) is 9.67 Å². The molecule has 1 aliphatic rings. The van der Waals surface area contributed by atoms with E-state index < -0.39 is 34.3 Å². The average Bonchev–Trinajstić information content (AvgIpc) is 3.18. The summed E-state index contributed by atoms with van der Waals surface area (Å²) in [7, 11) is -2.42. The molecule has 0 aliphatic carbocycles. The molecular weight excluding hydrogens is 523 g/mol. The number of morpholine rings is 1. The number of carbonyl (C=O) groups is 2. The number of ether oxygens (including phenoxy) is 3. The Morgan fingerprint density at radius 3 is 2.66 bits per heavy atom. The van der Waals surface area contributed by atoms with Crippen LogP contribution < -0.4 is 10.1 Å². The molecule has 1 N–H and O–H groups in total. The average molecular weight is 543 g/mol. The van der Waals surface area contributed by atoms with E-state index in [1.54, 1.807) is 0 Å². The van der Waals surface area contributed by atoms with E-state index in [0.717, 1.165) is 11.3 Å². The second-order valence-electron chi connectivity index (χ2n) is 7.39. The molecule has 1 aliphatic heterocycles. The van der Waals surface area contributed by atoms with Gasteiger partial charge in [0.05, 0.1) is 35.9 Å². The van der Waals surface area contributed by atoms with Crippen molar-refractivity contribution in [2.45, 2.75) is 4.90 Å². The van der Waals surface area contributed by atoms with Gasteiger partial charge in [-0.2, -0.15) is 4.31 Å². The van der Waals surface area contributed by atoms with Gasteiger partial charge in [-0.05, 0) is 30.3 Å². The Bertz CT molecular complexity index is 1390. The van der Waals surface area contributed by atoms with Gasteiger partial charge in [0.15, 0.2) is 6.61 Å². The highest BCUT2D eigenvalue weighted by Gasteiger charge is 2.27. The van der Waals surface area contributed by atoms with E-state index in [9.17, 15) is 22.4 Å². The highest BCUT2D eigenvalue weighted by molar-refractivity contribution is 7.89. The molecule has 0 unspecified atom stereocenters. The monoisotopic (exact) mass is 542 g/mol. The van der Waals surface area contributed by atoms with Crippen molar-refractivity contribution in [1.82, 2.24) is 4.31 Å². The molecular formula is C22H20ClFN2O7S2. The van der Waals surface area contributed by atoms with Gasteiger partial charge in [-0.3, -0.25) is 4.79 Å². The summed E-state index contributed by atoms with van der Waals surface area (Å²) in [5.74, 6) is -1.85. The fourth-order valence-corrected chi connectivity index (χ4v) is 6.28. The van der Waals surface area contributed by atoms with Gasteiger partial charge >= 0.3 is 5.97 Å². The lowest BCUT2D eigenvalue weighted by Crippen LogP contribution is -2.40. The lowest BCUT2D eigenvalue weighted by Gasteiger charge is -2.26. The van der Waals surface area contributed by atoms with Crippen molar-refractivity contribution < 1.29 is 36.6 Å². The van der Waals surface area contributed by atoms with Crippen LogP contribution in [0, 0.1) is 5.82 Å². The number of benzene rings is 2. The number of anilines is 1. The number of halogens is 2. The van der Waals surface area contributed by atoms with Gasteiger partial charge in [-0.1, -0.05) is 11.6 Å². The van der Waals surface area contributed by atoms with E-state index in [-0.39, 0.29) is 39.3 Å². The predicted molar refractivity (Wildman–Crippen MR) is 128 cm³/mol. The summed E-state index contributed by atoms with van der Waals surface area (Å²) in [6, 6.07) is 8.00. The normalized spacial score (nSPS) is 14.6. The van der Waals surface area contributed by atoms with E-state index in [1.807, 2.05) is 0 Å². The molecule has 0 saturated carbocycles. The zero-order chi connectivity index (χ0) is 25.2. The van der Waals surface area contributed by atoms with Gasteiger partial charge < -0.3 is 19.5 Å². The number of methoxy groups -OCH3 is 1. The maximum Gasteiger partial charge on any atom is 0.350 e.